The molecule has 15 heavy (non-hydrogen) atoms. The largest absolute Gasteiger partial charge is 0.115 e. The Morgan fingerprint density at radius 2 is 1.93 bits per heavy atom. The predicted octanol–water partition coefficient (Wildman–Crippen LogP) is 4.56. The molecule has 0 fully saturated rings. The number of allylic oxidation sites excluding steroid dienone is 2. The summed E-state index contributed by atoms with van der Waals surface area (Å²) in [4.78, 5) is 0. The zero-order valence-corrected chi connectivity index (χ0v) is 10.3. The molecule has 0 aliphatic heterocycles. The summed E-state index contributed by atoms with van der Waals surface area (Å²) in [5.74, 6) is 4.40. The molecule has 0 saturated heterocycles. The second kappa shape index (κ2) is 6.72. The van der Waals surface area contributed by atoms with E-state index in [0.29, 0.717) is 5.92 Å². The van der Waals surface area contributed by atoms with Crippen molar-refractivity contribution in [1.29, 1.82) is 0 Å². The normalized spacial score (nSPS) is 29.8. The van der Waals surface area contributed by atoms with Gasteiger partial charge in [-0.15, -0.1) is 6.42 Å². The highest BCUT2D eigenvalue weighted by Gasteiger charge is 2.08. The van der Waals surface area contributed by atoms with E-state index in [-0.39, 0.29) is 0 Å². The van der Waals surface area contributed by atoms with Gasteiger partial charge in [0, 0.05) is 0 Å². The molecule has 0 N–H and O–H groups in total. The summed E-state index contributed by atoms with van der Waals surface area (Å²) < 4.78 is 0. The van der Waals surface area contributed by atoms with E-state index < -0.39 is 0 Å². The van der Waals surface area contributed by atoms with Crippen LogP contribution in [-0.2, 0) is 0 Å². The molecule has 1 aliphatic carbocycles. The maximum Gasteiger partial charge on any atom is -0.00196 e. The van der Waals surface area contributed by atoms with Crippen molar-refractivity contribution in [3.8, 4) is 12.3 Å². The Hall–Kier alpha value is -0.700. The molecule has 0 spiro atoms. The lowest BCUT2D eigenvalue weighted by atomic mass is 9.94. The predicted molar refractivity (Wildman–Crippen MR) is 67.6 cm³/mol. The van der Waals surface area contributed by atoms with Gasteiger partial charge in [0.05, 0.1) is 0 Å². The van der Waals surface area contributed by atoms with Crippen molar-refractivity contribution < 1.29 is 0 Å². The minimum absolute atomic E-state index is 0.664. The Kier molecular flexibility index (Phi) is 5.54. The van der Waals surface area contributed by atoms with Crippen LogP contribution in [-0.4, -0.2) is 0 Å². The lowest BCUT2D eigenvalue weighted by Gasteiger charge is -2.12. The smallest absolute Gasteiger partial charge is 0.00196 e. The molecule has 2 atom stereocenters. The third-order valence-corrected chi connectivity index (χ3v) is 3.43. The van der Waals surface area contributed by atoms with E-state index in [1.807, 2.05) is 0 Å². The highest BCUT2D eigenvalue weighted by atomic mass is 14.1. The van der Waals surface area contributed by atoms with Crippen LogP contribution in [0.2, 0.25) is 0 Å². The van der Waals surface area contributed by atoms with Crippen LogP contribution < -0.4 is 0 Å². The summed E-state index contributed by atoms with van der Waals surface area (Å²) in [5, 5.41) is 0. The first-order valence-electron chi connectivity index (χ1n) is 6.39. The molecule has 0 nitrogen and oxygen atoms in total. The second-order valence-corrected chi connectivity index (χ2v) is 5.10. The quantitative estimate of drug-likeness (QED) is 0.507. The molecule has 1 aliphatic rings. The van der Waals surface area contributed by atoms with E-state index in [9.17, 15) is 0 Å². The molecule has 2 unspecified atom stereocenters. The molecule has 84 valence electrons. The van der Waals surface area contributed by atoms with Gasteiger partial charge in [-0.25, -0.2) is 0 Å². The summed E-state index contributed by atoms with van der Waals surface area (Å²) in [7, 11) is 0. The second-order valence-electron chi connectivity index (χ2n) is 5.10. The fraction of sp³-hybridized carbons (Fsp3) is 0.733. The molecule has 0 radical (unpaired) electrons. The highest BCUT2D eigenvalue weighted by molar-refractivity contribution is 5.25. The van der Waals surface area contributed by atoms with Crippen molar-refractivity contribution in [2.24, 2.45) is 11.8 Å². The van der Waals surface area contributed by atoms with Crippen LogP contribution in [0.3, 0.4) is 0 Å². The van der Waals surface area contributed by atoms with Gasteiger partial charge in [-0.05, 0) is 36.7 Å². The average Bonchev–Trinajstić information content (AvgIpc) is 2.26. The molecule has 0 heterocycles. The molecular formula is C15H24. The van der Waals surface area contributed by atoms with Gasteiger partial charge >= 0.3 is 0 Å². The van der Waals surface area contributed by atoms with Crippen molar-refractivity contribution in [3.05, 3.63) is 11.6 Å². The molecule has 0 aromatic rings. The minimum atomic E-state index is 0.664. The van der Waals surface area contributed by atoms with Crippen LogP contribution in [0.4, 0.5) is 0 Å². The molecule has 0 saturated carbocycles. The van der Waals surface area contributed by atoms with Gasteiger partial charge in [-0.2, -0.15) is 0 Å². The summed E-state index contributed by atoms with van der Waals surface area (Å²) in [5.41, 5.74) is 1.23. The number of hydrogen-bond acceptors (Lipinski definition) is 0. The Bertz CT molecular complexity index is 241. The first-order valence-corrected chi connectivity index (χ1v) is 6.39. The number of hydrogen-bond donors (Lipinski definition) is 0. The van der Waals surface area contributed by atoms with E-state index in [1.54, 1.807) is 0 Å². The first-order chi connectivity index (χ1) is 7.22. The standard InChI is InChI=1S/C15H24/c1-4-15-9-7-5-6-8-13(2)10-11-14(3)12-15/h1,12-14H,5-11H2,2-3H3. The minimum Gasteiger partial charge on any atom is -0.115 e. The van der Waals surface area contributed by atoms with Gasteiger partial charge in [0.2, 0.25) is 0 Å². The van der Waals surface area contributed by atoms with Crippen LogP contribution in [0, 0.1) is 24.2 Å². The van der Waals surface area contributed by atoms with E-state index in [4.69, 9.17) is 6.42 Å². The molecule has 1 rings (SSSR count). The van der Waals surface area contributed by atoms with Gasteiger partial charge < -0.3 is 0 Å². The van der Waals surface area contributed by atoms with Crippen molar-refractivity contribution >= 4 is 0 Å². The Morgan fingerprint density at radius 3 is 2.67 bits per heavy atom. The summed E-state index contributed by atoms with van der Waals surface area (Å²) >= 11 is 0. The van der Waals surface area contributed by atoms with Gasteiger partial charge in [0.1, 0.15) is 0 Å². The molecular weight excluding hydrogens is 180 g/mol. The average molecular weight is 204 g/mol. The fourth-order valence-corrected chi connectivity index (χ4v) is 2.31. The molecule has 0 aromatic carbocycles. The molecule has 0 amide bonds. The Morgan fingerprint density at radius 1 is 1.13 bits per heavy atom. The topological polar surface area (TPSA) is 0 Å². The lowest BCUT2D eigenvalue weighted by Crippen LogP contribution is -1.98. The van der Waals surface area contributed by atoms with E-state index in [2.05, 4.69) is 25.8 Å². The zero-order chi connectivity index (χ0) is 11.1. The van der Waals surface area contributed by atoms with Gasteiger partial charge in [-0.3, -0.25) is 0 Å². The van der Waals surface area contributed by atoms with Gasteiger partial charge in [0.15, 0.2) is 0 Å². The zero-order valence-electron chi connectivity index (χ0n) is 10.3. The van der Waals surface area contributed by atoms with Crippen molar-refractivity contribution in [2.45, 2.75) is 58.8 Å². The van der Waals surface area contributed by atoms with E-state index in [0.717, 1.165) is 12.3 Å². The summed E-state index contributed by atoms with van der Waals surface area (Å²) in [6.45, 7) is 4.68. The highest BCUT2D eigenvalue weighted by Crippen LogP contribution is 2.22. The molecule has 0 bridgehead atoms. The molecule has 0 aromatic heterocycles. The van der Waals surface area contributed by atoms with Crippen LogP contribution in [0.25, 0.3) is 0 Å². The van der Waals surface area contributed by atoms with Crippen LogP contribution in [0.5, 0.6) is 0 Å². The number of rotatable bonds is 0. The van der Waals surface area contributed by atoms with Crippen molar-refractivity contribution in [3.63, 3.8) is 0 Å². The Labute approximate surface area is 95.2 Å². The van der Waals surface area contributed by atoms with E-state index >= 15 is 0 Å². The maximum absolute atomic E-state index is 5.52. The van der Waals surface area contributed by atoms with Gasteiger partial charge in [0.25, 0.3) is 0 Å². The van der Waals surface area contributed by atoms with Gasteiger partial charge in [-0.1, -0.05) is 51.5 Å². The van der Waals surface area contributed by atoms with Crippen LogP contribution >= 0.6 is 0 Å². The SMILES string of the molecule is C#CC1=CC(C)CCC(C)CCCCC1. The summed E-state index contributed by atoms with van der Waals surface area (Å²) in [6.07, 6.45) is 17.0. The fourth-order valence-electron chi connectivity index (χ4n) is 2.31. The van der Waals surface area contributed by atoms with Crippen molar-refractivity contribution in [1.82, 2.24) is 0 Å². The Balaban J connectivity index is 2.56. The summed E-state index contributed by atoms with van der Waals surface area (Å²) in [6, 6.07) is 0. The monoisotopic (exact) mass is 204 g/mol. The molecule has 0 heteroatoms. The van der Waals surface area contributed by atoms with Crippen molar-refractivity contribution in [2.75, 3.05) is 0 Å². The number of terminal acetylenes is 1. The third kappa shape index (κ3) is 5.07. The van der Waals surface area contributed by atoms with Crippen LogP contribution in [0.15, 0.2) is 11.6 Å². The van der Waals surface area contributed by atoms with Crippen LogP contribution in [0.1, 0.15) is 58.8 Å². The van der Waals surface area contributed by atoms with E-state index in [1.165, 1.54) is 44.1 Å². The third-order valence-electron chi connectivity index (χ3n) is 3.43. The first kappa shape index (κ1) is 12.4. The lowest BCUT2D eigenvalue weighted by molar-refractivity contribution is 0.428. The maximum atomic E-state index is 5.52.